The van der Waals surface area contributed by atoms with Gasteiger partial charge in [0, 0.05) is 10.2 Å². The molecule has 1 aromatic carbocycles. The molecule has 1 heterocycles. The first-order chi connectivity index (χ1) is 9.67. The van der Waals surface area contributed by atoms with Crippen molar-refractivity contribution < 1.29 is 4.79 Å². The van der Waals surface area contributed by atoms with Crippen LogP contribution in [0.2, 0.25) is 0 Å². The van der Waals surface area contributed by atoms with Crippen LogP contribution in [0.15, 0.2) is 28.7 Å². The molecule has 0 aliphatic heterocycles. The van der Waals surface area contributed by atoms with Gasteiger partial charge in [-0.1, -0.05) is 46.3 Å². The van der Waals surface area contributed by atoms with E-state index in [2.05, 4.69) is 37.5 Å². The van der Waals surface area contributed by atoms with Crippen LogP contribution in [0.1, 0.15) is 17.5 Å². The van der Waals surface area contributed by atoms with Gasteiger partial charge in [-0.2, -0.15) is 0 Å². The lowest BCUT2D eigenvalue weighted by Crippen LogP contribution is -2.13. The molecule has 0 radical (unpaired) electrons. The monoisotopic (exact) mass is 371 g/mol. The predicted molar refractivity (Wildman–Crippen MR) is 88.2 cm³/mol. The fourth-order valence-electron chi connectivity index (χ4n) is 1.49. The number of benzene rings is 1. The van der Waals surface area contributed by atoms with Crippen molar-refractivity contribution in [2.45, 2.75) is 19.1 Å². The van der Waals surface area contributed by atoms with E-state index in [4.69, 9.17) is 0 Å². The average molecular weight is 372 g/mol. The molecular weight excluding hydrogens is 358 g/mol. The standard InChI is InChI=1S/C13H14BrN3OS2/c1-2-12-16-17-13(20-12)15-11(18)8-19-7-9-4-3-5-10(14)6-9/h3-6H,2,7-8H2,1H3,(H,15,17,18). The highest BCUT2D eigenvalue weighted by molar-refractivity contribution is 9.10. The Kier molecular flexibility index (Phi) is 6.00. The van der Waals surface area contributed by atoms with Gasteiger partial charge in [0.15, 0.2) is 0 Å². The summed E-state index contributed by atoms with van der Waals surface area (Å²) >= 11 is 6.44. The Bertz CT molecular complexity index is 589. The van der Waals surface area contributed by atoms with Gasteiger partial charge in [0.2, 0.25) is 11.0 Å². The highest BCUT2D eigenvalue weighted by Gasteiger charge is 2.07. The predicted octanol–water partition coefficient (Wildman–Crippen LogP) is 3.73. The van der Waals surface area contributed by atoms with Gasteiger partial charge in [-0.3, -0.25) is 10.1 Å². The first kappa shape index (κ1) is 15.5. The van der Waals surface area contributed by atoms with Gasteiger partial charge < -0.3 is 0 Å². The topological polar surface area (TPSA) is 54.9 Å². The molecule has 0 aliphatic rings. The molecule has 2 rings (SSSR count). The van der Waals surface area contributed by atoms with Gasteiger partial charge in [-0.25, -0.2) is 0 Å². The zero-order chi connectivity index (χ0) is 14.4. The van der Waals surface area contributed by atoms with Crippen LogP contribution in [0.3, 0.4) is 0 Å². The van der Waals surface area contributed by atoms with E-state index in [1.54, 1.807) is 11.8 Å². The number of nitrogens with one attached hydrogen (secondary N) is 1. The maximum atomic E-state index is 11.8. The zero-order valence-electron chi connectivity index (χ0n) is 10.9. The summed E-state index contributed by atoms with van der Waals surface area (Å²) in [6.07, 6.45) is 0.838. The van der Waals surface area contributed by atoms with Crippen molar-refractivity contribution in [3.8, 4) is 0 Å². The lowest BCUT2D eigenvalue weighted by Gasteiger charge is -2.02. The number of amides is 1. The molecule has 1 N–H and O–H groups in total. The fourth-order valence-corrected chi connectivity index (χ4v) is 3.41. The molecule has 0 saturated carbocycles. The van der Waals surface area contributed by atoms with Crippen LogP contribution in [-0.2, 0) is 17.0 Å². The largest absolute Gasteiger partial charge is 0.300 e. The molecule has 106 valence electrons. The van der Waals surface area contributed by atoms with Crippen LogP contribution in [0.25, 0.3) is 0 Å². The Morgan fingerprint density at radius 1 is 1.45 bits per heavy atom. The number of aryl methyl sites for hydroxylation is 1. The van der Waals surface area contributed by atoms with Crippen molar-refractivity contribution in [1.82, 2.24) is 10.2 Å². The van der Waals surface area contributed by atoms with Crippen molar-refractivity contribution in [2.75, 3.05) is 11.1 Å². The molecular formula is C13H14BrN3OS2. The van der Waals surface area contributed by atoms with Crippen LogP contribution < -0.4 is 5.32 Å². The molecule has 0 spiro atoms. The number of carbonyl (C=O) groups excluding carboxylic acids is 1. The molecule has 0 unspecified atom stereocenters. The number of anilines is 1. The van der Waals surface area contributed by atoms with Gasteiger partial charge in [-0.05, 0) is 24.1 Å². The first-order valence-corrected chi connectivity index (χ1v) is 8.88. The van der Waals surface area contributed by atoms with Crippen molar-refractivity contribution in [3.05, 3.63) is 39.3 Å². The molecule has 0 saturated heterocycles. The van der Waals surface area contributed by atoms with Crippen LogP contribution in [0.4, 0.5) is 5.13 Å². The van der Waals surface area contributed by atoms with Crippen LogP contribution >= 0.6 is 39.0 Å². The van der Waals surface area contributed by atoms with E-state index in [-0.39, 0.29) is 5.91 Å². The molecule has 0 aliphatic carbocycles. The lowest BCUT2D eigenvalue weighted by atomic mass is 10.2. The van der Waals surface area contributed by atoms with Gasteiger partial charge in [-0.15, -0.1) is 22.0 Å². The number of hydrogen-bond donors (Lipinski definition) is 1. The number of hydrogen-bond acceptors (Lipinski definition) is 5. The molecule has 2 aromatic rings. The first-order valence-electron chi connectivity index (χ1n) is 6.12. The molecule has 0 atom stereocenters. The summed E-state index contributed by atoms with van der Waals surface area (Å²) in [5, 5.41) is 12.2. The Morgan fingerprint density at radius 2 is 2.30 bits per heavy atom. The number of carbonyl (C=O) groups is 1. The maximum absolute atomic E-state index is 11.8. The number of rotatable bonds is 6. The van der Waals surface area contributed by atoms with E-state index >= 15 is 0 Å². The summed E-state index contributed by atoms with van der Waals surface area (Å²) in [4.78, 5) is 11.8. The third-order valence-corrected chi connectivity index (χ3v) is 4.89. The Hall–Kier alpha value is -0.920. The summed E-state index contributed by atoms with van der Waals surface area (Å²) in [5.74, 6) is 1.18. The normalized spacial score (nSPS) is 10.5. The Morgan fingerprint density at radius 3 is 3.00 bits per heavy atom. The van der Waals surface area contributed by atoms with Gasteiger partial charge in [0.1, 0.15) is 5.01 Å². The Labute approximate surface area is 134 Å². The quantitative estimate of drug-likeness (QED) is 0.840. The van der Waals surface area contributed by atoms with Crippen LogP contribution in [0.5, 0.6) is 0 Å². The Balaban J connectivity index is 1.75. The summed E-state index contributed by atoms with van der Waals surface area (Å²) < 4.78 is 1.06. The minimum Gasteiger partial charge on any atom is -0.300 e. The second kappa shape index (κ2) is 7.75. The molecule has 1 aromatic heterocycles. The molecule has 20 heavy (non-hydrogen) atoms. The van der Waals surface area contributed by atoms with E-state index in [0.717, 1.165) is 21.7 Å². The molecule has 7 heteroatoms. The average Bonchev–Trinajstić information content (AvgIpc) is 2.86. The minimum absolute atomic E-state index is 0.0381. The van der Waals surface area contributed by atoms with E-state index < -0.39 is 0 Å². The fraction of sp³-hybridized carbons (Fsp3) is 0.308. The number of aromatic nitrogens is 2. The molecule has 1 amide bonds. The summed E-state index contributed by atoms with van der Waals surface area (Å²) in [6.45, 7) is 2.01. The zero-order valence-corrected chi connectivity index (χ0v) is 14.1. The molecule has 4 nitrogen and oxygen atoms in total. The number of halogens is 1. The van der Waals surface area contributed by atoms with Crippen molar-refractivity contribution in [3.63, 3.8) is 0 Å². The van der Waals surface area contributed by atoms with Gasteiger partial charge in [0.05, 0.1) is 5.75 Å². The second-order valence-electron chi connectivity index (χ2n) is 4.03. The van der Waals surface area contributed by atoms with E-state index in [1.807, 2.05) is 25.1 Å². The van der Waals surface area contributed by atoms with E-state index in [1.165, 1.54) is 16.9 Å². The third-order valence-electron chi connectivity index (χ3n) is 2.41. The van der Waals surface area contributed by atoms with Crippen LogP contribution in [-0.4, -0.2) is 21.9 Å². The van der Waals surface area contributed by atoms with E-state index in [0.29, 0.717) is 10.9 Å². The van der Waals surface area contributed by atoms with E-state index in [9.17, 15) is 4.79 Å². The van der Waals surface area contributed by atoms with Gasteiger partial charge >= 0.3 is 0 Å². The van der Waals surface area contributed by atoms with Crippen LogP contribution in [0, 0.1) is 0 Å². The minimum atomic E-state index is -0.0381. The molecule has 0 fully saturated rings. The summed E-state index contributed by atoms with van der Waals surface area (Å²) in [6, 6.07) is 8.09. The SMILES string of the molecule is CCc1nnc(NC(=O)CSCc2cccc(Br)c2)s1. The third kappa shape index (κ3) is 4.88. The maximum Gasteiger partial charge on any atom is 0.236 e. The van der Waals surface area contributed by atoms with Crippen molar-refractivity contribution in [2.24, 2.45) is 0 Å². The highest BCUT2D eigenvalue weighted by atomic mass is 79.9. The number of nitrogens with zero attached hydrogens (tertiary/aromatic N) is 2. The van der Waals surface area contributed by atoms with Crippen molar-refractivity contribution in [1.29, 1.82) is 0 Å². The smallest absolute Gasteiger partial charge is 0.236 e. The summed E-state index contributed by atoms with van der Waals surface area (Å²) in [5.41, 5.74) is 1.20. The molecule has 0 bridgehead atoms. The lowest BCUT2D eigenvalue weighted by molar-refractivity contribution is -0.113. The second-order valence-corrected chi connectivity index (χ2v) is 6.99. The summed E-state index contributed by atoms with van der Waals surface area (Å²) in [7, 11) is 0. The van der Waals surface area contributed by atoms with Gasteiger partial charge in [0.25, 0.3) is 0 Å². The highest BCUT2D eigenvalue weighted by Crippen LogP contribution is 2.18. The van der Waals surface area contributed by atoms with Crippen molar-refractivity contribution >= 4 is 50.1 Å². The number of thioether (sulfide) groups is 1.